The Labute approximate surface area is 155 Å². The average Bonchev–Trinajstić information content (AvgIpc) is 3.46. The van der Waals surface area contributed by atoms with Crippen molar-refractivity contribution >= 4 is 23.4 Å². The molecule has 1 atom stereocenters. The minimum Gasteiger partial charge on any atom is -0.349 e. The van der Waals surface area contributed by atoms with Crippen molar-refractivity contribution in [3.63, 3.8) is 0 Å². The quantitative estimate of drug-likeness (QED) is 0.593. The van der Waals surface area contributed by atoms with Gasteiger partial charge in [0.05, 0.1) is 11.3 Å². The molecule has 0 saturated heterocycles. The zero-order valence-corrected chi connectivity index (χ0v) is 15.6. The molecule has 0 aliphatic heterocycles. The lowest BCUT2D eigenvalue weighted by Crippen LogP contribution is -2.38. The van der Waals surface area contributed by atoms with E-state index in [4.69, 9.17) is 0 Å². The van der Waals surface area contributed by atoms with Crippen LogP contribution >= 0.6 is 0 Å². The SMILES string of the molecule is CCCC[C@@H](CC)CNC(=O)C(=O)Nc1ccccc1C(=O)NC1CC1. The molecule has 1 aromatic carbocycles. The smallest absolute Gasteiger partial charge is 0.313 e. The Morgan fingerprint density at radius 1 is 1.12 bits per heavy atom. The van der Waals surface area contributed by atoms with Gasteiger partial charge >= 0.3 is 11.8 Å². The van der Waals surface area contributed by atoms with Crippen LogP contribution in [-0.2, 0) is 9.59 Å². The number of anilines is 1. The molecule has 0 aromatic heterocycles. The van der Waals surface area contributed by atoms with E-state index >= 15 is 0 Å². The highest BCUT2D eigenvalue weighted by Crippen LogP contribution is 2.21. The van der Waals surface area contributed by atoms with Crippen LogP contribution in [0.25, 0.3) is 0 Å². The Balaban J connectivity index is 1.90. The molecule has 0 bridgehead atoms. The predicted octanol–water partition coefficient (Wildman–Crippen LogP) is 2.85. The van der Waals surface area contributed by atoms with Gasteiger partial charge in [-0.2, -0.15) is 0 Å². The van der Waals surface area contributed by atoms with Gasteiger partial charge in [-0.3, -0.25) is 14.4 Å². The van der Waals surface area contributed by atoms with E-state index in [0.717, 1.165) is 38.5 Å². The van der Waals surface area contributed by atoms with Crippen LogP contribution in [0.5, 0.6) is 0 Å². The number of hydrogen-bond donors (Lipinski definition) is 3. The molecule has 3 N–H and O–H groups in total. The van der Waals surface area contributed by atoms with Crippen molar-refractivity contribution in [3.05, 3.63) is 29.8 Å². The fourth-order valence-electron chi connectivity index (χ4n) is 2.72. The van der Waals surface area contributed by atoms with Gasteiger partial charge in [-0.25, -0.2) is 0 Å². The third-order valence-electron chi connectivity index (χ3n) is 4.63. The van der Waals surface area contributed by atoms with Crippen LogP contribution in [0.2, 0.25) is 0 Å². The van der Waals surface area contributed by atoms with Gasteiger partial charge in [0.1, 0.15) is 0 Å². The van der Waals surface area contributed by atoms with Crippen LogP contribution < -0.4 is 16.0 Å². The first-order valence-electron chi connectivity index (χ1n) is 9.54. The molecule has 0 radical (unpaired) electrons. The summed E-state index contributed by atoms with van der Waals surface area (Å²) in [6.07, 6.45) is 6.21. The van der Waals surface area contributed by atoms with Crippen molar-refractivity contribution in [3.8, 4) is 0 Å². The monoisotopic (exact) mass is 359 g/mol. The zero-order chi connectivity index (χ0) is 18.9. The minimum atomic E-state index is -0.748. The molecule has 1 aliphatic carbocycles. The van der Waals surface area contributed by atoms with Crippen molar-refractivity contribution in [2.75, 3.05) is 11.9 Å². The Kier molecular flexibility index (Phi) is 7.63. The number of rotatable bonds is 9. The largest absolute Gasteiger partial charge is 0.349 e. The molecular formula is C20H29N3O3. The molecule has 1 saturated carbocycles. The fourth-order valence-corrected chi connectivity index (χ4v) is 2.72. The summed E-state index contributed by atoms with van der Waals surface area (Å²) in [4.78, 5) is 36.5. The maximum Gasteiger partial charge on any atom is 0.313 e. The van der Waals surface area contributed by atoms with Crippen molar-refractivity contribution in [1.82, 2.24) is 10.6 Å². The summed E-state index contributed by atoms with van der Waals surface area (Å²) in [6.45, 7) is 4.71. The molecule has 1 aromatic rings. The minimum absolute atomic E-state index is 0.226. The molecule has 142 valence electrons. The van der Waals surface area contributed by atoms with E-state index in [-0.39, 0.29) is 11.9 Å². The maximum atomic E-state index is 12.3. The van der Waals surface area contributed by atoms with Gasteiger partial charge in [0.2, 0.25) is 0 Å². The van der Waals surface area contributed by atoms with E-state index in [1.165, 1.54) is 0 Å². The molecule has 1 fully saturated rings. The summed E-state index contributed by atoms with van der Waals surface area (Å²) in [5.74, 6) is -1.27. The van der Waals surface area contributed by atoms with Gasteiger partial charge in [0.25, 0.3) is 5.91 Å². The van der Waals surface area contributed by atoms with Crippen molar-refractivity contribution in [2.24, 2.45) is 5.92 Å². The molecule has 6 heteroatoms. The van der Waals surface area contributed by atoms with Gasteiger partial charge < -0.3 is 16.0 Å². The van der Waals surface area contributed by atoms with Gasteiger partial charge in [-0.1, -0.05) is 45.2 Å². The van der Waals surface area contributed by atoms with E-state index in [9.17, 15) is 14.4 Å². The van der Waals surface area contributed by atoms with Crippen LogP contribution in [0.3, 0.4) is 0 Å². The highest BCUT2D eigenvalue weighted by Gasteiger charge is 2.25. The lowest BCUT2D eigenvalue weighted by molar-refractivity contribution is -0.136. The average molecular weight is 359 g/mol. The Hall–Kier alpha value is -2.37. The normalized spacial score (nSPS) is 14.4. The number of para-hydroxylation sites is 1. The second-order valence-corrected chi connectivity index (χ2v) is 6.87. The summed E-state index contributed by atoms with van der Waals surface area (Å²) < 4.78 is 0. The van der Waals surface area contributed by atoms with Crippen LogP contribution in [-0.4, -0.2) is 30.3 Å². The summed E-state index contributed by atoms with van der Waals surface area (Å²) in [5.41, 5.74) is 0.721. The number of nitrogens with one attached hydrogen (secondary N) is 3. The third-order valence-corrected chi connectivity index (χ3v) is 4.63. The van der Waals surface area contributed by atoms with Gasteiger partial charge in [-0.05, 0) is 37.3 Å². The Morgan fingerprint density at radius 2 is 1.85 bits per heavy atom. The second-order valence-electron chi connectivity index (χ2n) is 6.87. The van der Waals surface area contributed by atoms with E-state index in [2.05, 4.69) is 29.8 Å². The first kappa shape index (κ1) is 19.9. The molecule has 2 rings (SSSR count). The lowest BCUT2D eigenvalue weighted by Gasteiger charge is -2.15. The molecule has 1 aliphatic rings. The summed E-state index contributed by atoms with van der Waals surface area (Å²) in [7, 11) is 0. The van der Waals surface area contributed by atoms with Crippen LogP contribution in [0.15, 0.2) is 24.3 Å². The molecule has 6 nitrogen and oxygen atoms in total. The van der Waals surface area contributed by atoms with Crippen molar-refractivity contribution in [2.45, 2.75) is 58.4 Å². The number of unbranched alkanes of at least 4 members (excludes halogenated alkanes) is 1. The fraction of sp³-hybridized carbons (Fsp3) is 0.550. The number of hydrogen-bond acceptors (Lipinski definition) is 3. The molecular weight excluding hydrogens is 330 g/mol. The zero-order valence-electron chi connectivity index (χ0n) is 15.6. The van der Waals surface area contributed by atoms with Crippen LogP contribution in [0.4, 0.5) is 5.69 Å². The number of amides is 3. The first-order valence-corrected chi connectivity index (χ1v) is 9.54. The van der Waals surface area contributed by atoms with Crippen LogP contribution in [0.1, 0.15) is 62.7 Å². The van der Waals surface area contributed by atoms with Gasteiger partial charge in [0.15, 0.2) is 0 Å². The van der Waals surface area contributed by atoms with Crippen molar-refractivity contribution < 1.29 is 14.4 Å². The summed E-state index contributed by atoms with van der Waals surface area (Å²) in [6, 6.07) is 6.95. The van der Waals surface area contributed by atoms with Crippen LogP contribution in [0, 0.1) is 5.92 Å². The summed E-state index contributed by atoms with van der Waals surface area (Å²) in [5, 5.41) is 8.15. The standard InChI is InChI=1S/C20H29N3O3/c1-3-5-8-14(4-2)13-21-19(25)20(26)23-17-10-7-6-9-16(17)18(24)22-15-11-12-15/h6-7,9-10,14-15H,3-5,8,11-13H2,1-2H3,(H,21,25)(H,22,24)(H,23,26)/t14-/m1/s1. The Morgan fingerprint density at radius 3 is 2.50 bits per heavy atom. The topological polar surface area (TPSA) is 87.3 Å². The lowest BCUT2D eigenvalue weighted by atomic mass is 9.99. The molecule has 0 spiro atoms. The van der Waals surface area contributed by atoms with E-state index in [1.807, 2.05) is 0 Å². The second kappa shape index (κ2) is 9.94. The van der Waals surface area contributed by atoms with E-state index in [1.54, 1.807) is 24.3 Å². The molecule has 0 heterocycles. The van der Waals surface area contributed by atoms with Gasteiger partial charge in [-0.15, -0.1) is 0 Å². The van der Waals surface area contributed by atoms with E-state index in [0.29, 0.717) is 23.7 Å². The highest BCUT2D eigenvalue weighted by atomic mass is 16.2. The van der Waals surface area contributed by atoms with Crippen molar-refractivity contribution in [1.29, 1.82) is 0 Å². The van der Waals surface area contributed by atoms with Gasteiger partial charge in [0, 0.05) is 12.6 Å². The molecule has 3 amide bonds. The first-order chi connectivity index (χ1) is 12.5. The molecule has 26 heavy (non-hydrogen) atoms. The third kappa shape index (κ3) is 6.17. The predicted molar refractivity (Wildman–Crippen MR) is 102 cm³/mol. The maximum absolute atomic E-state index is 12.3. The Bertz CT molecular complexity index is 641. The summed E-state index contributed by atoms with van der Waals surface area (Å²) >= 11 is 0. The number of carbonyl (C=O) groups is 3. The van der Waals surface area contributed by atoms with E-state index < -0.39 is 11.8 Å². The number of benzene rings is 1. The number of carbonyl (C=O) groups excluding carboxylic acids is 3. The highest BCUT2D eigenvalue weighted by molar-refractivity contribution is 6.40. The molecule has 0 unspecified atom stereocenters.